The number of aromatic nitrogens is 1. The van der Waals surface area contributed by atoms with Gasteiger partial charge in [-0.25, -0.2) is 4.98 Å². The standard InChI is InChI=1S/C20H19N3O4S/c1-13-6-4-9-19(14(13)2)22(15(3)24)20-21-16(12-28-20)11-27-18-8-5-7-17(10-18)23(25)26/h4-10,12H,11H2,1-3H3. The number of anilines is 2. The quantitative estimate of drug-likeness (QED) is 0.435. The normalized spacial score (nSPS) is 10.5. The second-order valence-electron chi connectivity index (χ2n) is 6.24. The van der Waals surface area contributed by atoms with E-state index in [2.05, 4.69) is 4.98 Å². The third kappa shape index (κ3) is 4.17. The molecule has 1 aromatic heterocycles. The van der Waals surface area contributed by atoms with Gasteiger partial charge in [-0.1, -0.05) is 18.2 Å². The number of benzene rings is 2. The molecule has 0 radical (unpaired) electrons. The second-order valence-corrected chi connectivity index (χ2v) is 7.07. The Balaban J connectivity index is 1.80. The molecule has 0 spiro atoms. The van der Waals surface area contributed by atoms with Crippen LogP contribution in [-0.4, -0.2) is 15.8 Å². The molecule has 0 aliphatic carbocycles. The number of amides is 1. The van der Waals surface area contributed by atoms with Crippen molar-refractivity contribution in [3.05, 3.63) is 74.8 Å². The number of ether oxygens (including phenoxy) is 1. The second kappa shape index (κ2) is 8.18. The van der Waals surface area contributed by atoms with Gasteiger partial charge < -0.3 is 4.74 Å². The van der Waals surface area contributed by atoms with Crippen molar-refractivity contribution in [2.75, 3.05) is 4.90 Å². The van der Waals surface area contributed by atoms with E-state index in [1.165, 1.54) is 30.4 Å². The van der Waals surface area contributed by atoms with Crippen LogP contribution >= 0.6 is 11.3 Å². The molecular weight excluding hydrogens is 378 g/mol. The molecule has 0 atom stereocenters. The number of nitro groups is 1. The predicted octanol–water partition coefficient (Wildman–Crippen LogP) is 4.93. The summed E-state index contributed by atoms with van der Waals surface area (Å²) in [4.78, 5) is 28.8. The molecule has 0 saturated carbocycles. The number of carbonyl (C=O) groups is 1. The van der Waals surface area contributed by atoms with Gasteiger partial charge in [-0.15, -0.1) is 11.3 Å². The molecule has 0 fully saturated rings. The summed E-state index contributed by atoms with van der Waals surface area (Å²) in [6.45, 7) is 5.62. The van der Waals surface area contributed by atoms with Gasteiger partial charge in [0.05, 0.1) is 22.4 Å². The molecule has 0 saturated heterocycles. The Hall–Kier alpha value is -3.26. The summed E-state index contributed by atoms with van der Waals surface area (Å²) in [5, 5.41) is 13.2. The van der Waals surface area contributed by atoms with Crippen molar-refractivity contribution >= 4 is 33.8 Å². The van der Waals surface area contributed by atoms with Crippen LogP contribution in [-0.2, 0) is 11.4 Å². The zero-order chi connectivity index (χ0) is 20.3. The van der Waals surface area contributed by atoms with E-state index >= 15 is 0 Å². The smallest absolute Gasteiger partial charge is 0.273 e. The highest BCUT2D eigenvalue weighted by Gasteiger charge is 2.20. The van der Waals surface area contributed by atoms with Gasteiger partial charge in [0.2, 0.25) is 5.91 Å². The van der Waals surface area contributed by atoms with E-state index in [-0.39, 0.29) is 18.2 Å². The van der Waals surface area contributed by atoms with Gasteiger partial charge in [-0.2, -0.15) is 0 Å². The van der Waals surface area contributed by atoms with Crippen LogP contribution in [0, 0.1) is 24.0 Å². The molecular formula is C20H19N3O4S. The van der Waals surface area contributed by atoms with E-state index < -0.39 is 4.92 Å². The van der Waals surface area contributed by atoms with Gasteiger partial charge in [-0.05, 0) is 37.1 Å². The number of nitro benzene ring substituents is 1. The van der Waals surface area contributed by atoms with Crippen LogP contribution in [0.25, 0.3) is 0 Å². The molecule has 28 heavy (non-hydrogen) atoms. The molecule has 144 valence electrons. The van der Waals surface area contributed by atoms with E-state index in [0.29, 0.717) is 16.6 Å². The number of rotatable bonds is 6. The number of hydrogen-bond donors (Lipinski definition) is 0. The predicted molar refractivity (Wildman–Crippen MR) is 108 cm³/mol. The highest BCUT2D eigenvalue weighted by Crippen LogP contribution is 2.32. The van der Waals surface area contributed by atoms with Crippen LogP contribution < -0.4 is 9.64 Å². The summed E-state index contributed by atoms with van der Waals surface area (Å²) >= 11 is 1.34. The first-order valence-electron chi connectivity index (χ1n) is 8.55. The molecule has 3 rings (SSSR count). The molecule has 7 nitrogen and oxygen atoms in total. The zero-order valence-electron chi connectivity index (χ0n) is 15.7. The topological polar surface area (TPSA) is 85.6 Å². The number of non-ortho nitro benzene ring substituents is 1. The highest BCUT2D eigenvalue weighted by molar-refractivity contribution is 7.14. The zero-order valence-corrected chi connectivity index (χ0v) is 16.5. The van der Waals surface area contributed by atoms with Crippen LogP contribution in [0.5, 0.6) is 5.75 Å². The fraction of sp³-hybridized carbons (Fsp3) is 0.200. The van der Waals surface area contributed by atoms with Gasteiger partial charge in [0.25, 0.3) is 5.69 Å². The van der Waals surface area contributed by atoms with Gasteiger partial charge in [-0.3, -0.25) is 19.8 Å². The van der Waals surface area contributed by atoms with Crippen LogP contribution in [0.3, 0.4) is 0 Å². The first-order chi connectivity index (χ1) is 13.4. The monoisotopic (exact) mass is 397 g/mol. The van der Waals surface area contributed by atoms with Crippen molar-refractivity contribution in [3.8, 4) is 5.75 Å². The maximum atomic E-state index is 12.3. The maximum Gasteiger partial charge on any atom is 0.273 e. The Morgan fingerprint density at radius 3 is 2.71 bits per heavy atom. The third-order valence-corrected chi connectivity index (χ3v) is 5.15. The lowest BCUT2D eigenvalue weighted by atomic mass is 10.1. The van der Waals surface area contributed by atoms with Crippen LogP contribution in [0.1, 0.15) is 23.7 Å². The first-order valence-corrected chi connectivity index (χ1v) is 9.43. The number of aryl methyl sites for hydroxylation is 1. The lowest BCUT2D eigenvalue weighted by Gasteiger charge is -2.21. The Morgan fingerprint density at radius 2 is 2.00 bits per heavy atom. The Morgan fingerprint density at radius 1 is 1.25 bits per heavy atom. The summed E-state index contributed by atoms with van der Waals surface area (Å²) in [6, 6.07) is 11.8. The van der Waals surface area contributed by atoms with E-state index in [1.54, 1.807) is 17.0 Å². The van der Waals surface area contributed by atoms with Crippen molar-refractivity contribution in [1.82, 2.24) is 4.98 Å². The van der Waals surface area contributed by atoms with E-state index in [4.69, 9.17) is 4.74 Å². The number of nitrogens with zero attached hydrogens (tertiary/aromatic N) is 3. The highest BCUT2D eigenvalue weighted by atomic mass is 32.1. The van der Waals surface area contributed by atoms with Crippen LogP contribution in [0.15, 0.2) is 47.8 Å². The van der Waals surface area contributed by atoms with E-state index in [0.717, 1.165) is 16.8 Å². The van der Waals surface area contributed by atoms with Gasteiger partial charge >= 0.3 is 0 Å². The van der Waals surface area contributed by atoms with Gasteiger partial charge in [0.1, 0.15) is 12.4 Å². The van der Waals surface area contributed by atoms with Crippen molar-refractivity contribution < 1.29 is 14.5 Å². The average molecular weight is 397 g/mol. The van der Waals surface area contributed by atoms with Crippen molar-refractivity contribution in [3.63, 3.8) is 0 Å². The number of hydrogen-bond acceptors (Lipinski definition) is 6. The fourth-order valence-corrected chi connectivity index (χ4v) is 3.56. The largest absolute Gasteiger partial charge is 0.487 e. The van der Waals surface area contributed by atoms with E-state index in [1.807, 2.05) is 37.4 Å². The minimum absolute atomic E-state index is 0.0332. The van der Waals surface area contributed by atoms with Crippen LogP contribution in [0.2, 0.25) is 0 Å². The molecule has 3 aromatic rings. The van der Waals surface area contributed by atoms with E-state index in [9.17, 15) is 14.9 Å². The number of thiazole rings is 1. The first kappa shape index (κ1) is 19.5. The Bertz CT molecular complexity index is 1030. The minimum atomic E-state index is -0.470. The molecule has 0 bridgehead atoms. The van der Waals surface area contributed by atoms with Crippen molar-refractivity contribution in [1.29, 1.82) is 0 Å². The summed E-state index contributed by atoms with van der Waals surface area (Å²) in [7, 11) is 0. The van der Waals surface area contributed by atoms with Crippen LogP contribution in [0.4, 0.5) is 16.5 Å². The SMILES string of the molecule is CC(=O)N(c1nc(COc2cccc([N+](=O)[O-])c2)cs1)c1cccc(C)c1C. The number of carbonyl (C=O) groups excluding carboxylic acids is 1. The van der Waals surface area contributed by atoms with Gasteiger partial charge in [0, 0.05) is 18.4 Å². The summed E-state index contributed by atoms with van der Waals surface area (Å²) in [6.07, 6.45) is 0. The summed E-state index contributed by atoms with van der Waals surface area (Å²) in [5.74, 6) is 0.260. The maximum absolute atomic E-state index is 12.3. The molecule has 1 heterocycles. The Kier molecular flexibility index (Phi) is 5.70. The Labute approximate surface area is 166 Å². The van der Waals surface area contributed by atoms with Crippen molar-refractivity contribution in [2.24, 2.45) is 0 Å². The molecule has 8 heteroatoms. The lowest BCUT2D eigenvalue weighted by molar-refractivity contribution is -0.384. The lowest BCUT2D eigenvalue weighted by Crippen LogP contribution is -2.23. The minimum Gasteiger partial charge on any atom is -0.487 e. The van der Waals surface area contributed by atoms with Gasteiger partial charge in [0.15, 0.2) is 5.13 Å². The molecule has 0 unspecified atom stereocenters. The summed E-state index contributed by atoms with van der Waals surface area (Å²) < 4.78 is 5.62. The average Bonchev–Trinajstić information content (AvgIpc) is 3.12. The van der Waals surface area contributed by atoms with Crippen molar-refractivity contribution in [2.45, 2.75) is 27.4 Å². The third-order valence-electron chi connectivity index (χ3n) is 4.28. The molecule has 0 aliphatic rings. The molecule has 0 aliphatic heterocycles. The molecule has 1 amide bonds. The fourth-order valence-electron chi connectivity index (χ4n) is 2.69. The molecule has 2 aromatic carbocycles. The summed E-state index contributed by atoms with van der Waals surface area (Å²) in [5.41, 5.74) is 3.52. The molecule has 0 N–H and O–H groups in total.